The molecule has 0 saturated carbocycles. The molecule has 0 heterocycles. The largest absolute Gasteiger partial charge is 1.00 e. The molecule has 128 valence electrons. The quantitative estimate of drug-likeness (QED) is 0.722. The van der Waals surface area contributed by atoms with E-state index in [1.165, 1.54) is 0 Å². The van der Waals surface area contributed by atoms with Crippen LogP contribution < -0.4 is 12.4 Å². The fraction of sp³-hybridized carbons (Fsp3) is 0.350. The Labute approximate surface area is 150 Å². The smallest absolute Gasteiger partial charge is 0.318 e. The van der Waals surface area contributed by atoms with Crippen LogP contribution in [-0.2, 0) is 9.53 Å². The number of hydrogen-bond acceptors (Lipinski definition) is 3. The number of esters is 1. The first kappa shape index (κ1) is 18.5. The summed E-state index contributed by atoms with van der Waals surface area (Å²) in [5.74, 6) is -0.436. The van der Waals surface area contributed by atoms with Crippen molar-refractivity contribution in [3.8, 4) is 11.1 Å². The molecule has 0 aromatic heterocycles. The van der Waals surface area contributed by atoms with Crippen molar-refractivity contribution in [2.24, 2.45) is 0 Å². The van der Waals surface area contributed by atoms with E-state index in [2.05, 4.69) is 30.9 Å². The lowest BCUT2D eigenvalue weighted by Gasteiger charge is -2.19. The Balaban J connectivity index is 0.00000208. The molecule has 0 amide bonds. The summed E-state index contributed by atoms with van der Waals surface area (Å²) in [6, 6.07) is 16.2. The maximum Gasteiger partial charge on any atom is 0.318 e. The molecular weight excluding hydrogens is 322 g/mol. The fourth-order valence-corrected chi connectivity index (χ4v) is 3.31. The fourth-order valence-electron chi connectivity index (χ4n) is 3.31. The summed E-state index contributed by atoms with van der Waals surface area (Å²) >= 11 is 0. The summed E-state index contributed by atoms with van der Waals surface area (Å²) < 4.78 is 5.59. The molecular formula is C20H23ClNO2-. The van der Waals surface area contributed by atoms with Crippen LogP contribution in [0.4, 0.5) is 0 Å². The number of benzene rings is 2. The van der Waals surface area contributed by atoms with Gasteiger partial charge in [-0.3, -0.25) is 4.79 Å². The molecule has 0 N–H and O–H groups in total. The number of nitrogens with zero attached hydrogens (tertiary/aromatic N) is 1. The minimum absolute atomic E-state index is 0. The molecule has 0 unspecified atom stereocenters. The van der Waals surface area contributed by atoms with E-state index >= 15 is 0 Å². The van der Waals surface area contributed by atoms with Gasteiger partial charge in [0.1, 0.15) is 12.5 Å². The van der Waals surface area contributed by atoms with Crippen molar-refractivity contribution < 1.29 is 21.9 Å². The Bertz CT molecular complexity index is 652. The summed E-state index contributed by atoms with van der Waals surface area (Å²) in [7, 11) is 0. The van der Waals surface area contributed by atoms with Crippen LogP contribution in [0.25, 0.3) is 11.1 Å². The molecule has 3 nitrogen and oxygen atoms in total. The van der Waals surface area contributed by atoms with E-state index in [1.807, 2.05) is 36.4 Å². The van der Waals surface area contributed by atoms with Crippen LogP contribution in [0, 0.1) is 0 Å². The van der Waals surface area contributed by atoms with Crippen molar-refractivity contribution in [2.75, 3.05) is 26.2 Å². The van der Waals surface area contributed by atoms with Gasteiger partial charge in [-0.25, -0.2) is 0 Å². The normalized spacial score (nSPS) is 12.5. The monoisotopic (exact) mass is 344 g/mol. The van der Waals surface area contributed by atoms with Crippen LogP contribution >= 0.6 is 0 Å². The first-order chi connectivity index (χ1) is 11.3. The number of fused-ring (bicyclic) bond motifs is 3. The second-order valence-corrected chi connectivity index (χ2v) is 5.80. The van der Waals surface area contributed by atoms with E-state index in [4.69, 9.17) is 4.74 Å². The van der Waals surface area contributed by atoms with Crippen molar-refractivity contribution in [3.05, 3.63) is 59.7 Å². The van der Waals surface area contributed by atoms with Crippen LogP contribution in [0.3, 0.4) is 0 Å². The maximum absolute atomic E-state index is 12.7. The molecule has 2 aromatic carbocycles. The van der Waals surface area contributed by atoms with Gasteiger partial charge in [0.05, 0.1) is 0 Å². The highest BCUT2D eigenvalue weighted by Crippen LogP contribution is 2.44. The van der Waals surface area contributed by atoms with Gasteiger partial charge >= 0.3 is 5.97 Å². The van der Waals surface area contributed by atoms with Crippen molar-refractivity contribution in [3.63, 3.8) is 0 Å². The van der Waals surface area contributed by atoms with Gasteiger partial charge in [0.25, 0.3) is 0 Å². The van der Waals surface area contributed by atoms with Crippen molar-refractivity contribution in [1.82, 2.24) is 4.90 Å². The predicted octanol–water partition coefficient (Wildman–Crippen LogP) is 0.688. The lowest BCUT2D eigenvalue weighted by molar-refractivity contribution is -0.144. The van der Waals surface area contributed by atoms with Gasteiger partial charge in [-0.15, -0.1) is 0 Å². The Hall–Kier alpha value is -1.84. The van der Waals surface area contributed by atoms with Crippen LogP contribution in [0.1, 0.15) is 30.9 Å². The molecule has 4 heteroatoms. The van der Waals surface area contributed by atoms with Crippen molar-refractivity contribution >= 4 is 5.97 Å². The average molecular weight is 345 g/mol. The van der Waals surface area contributed by atoms with Crippen molar-refractivity contribution in [1.29, 1.82) is 0 Å². The van der Waals surface area contributed by atoms with Gasteiger partial charge in [-0.2, -0.15) is 0 Å². The third kappa shape index (κ3) is 3.47. The van der Waals surface area contributed by atoms with Gasteiger partial charge in [-0.1, -0.05) is 62.4 Å². The summed E-state index contributed by atoms with van der Waals surface area (Å²) in [5.41, 5.74) is 4.41. The van der Waals surface area contributed by atoms with E-state index in [9.17, 15) is 4.79 Å². The molecule has 24 heavy (non-hydrogen) atoms. The summed E-state index contributed by atoms with van der Waals surface area (Å²) in [4.78, 5) is 14.9. The molecule has 0 bridgehead atoms. The number of ether oxygens (including phenoxy) is 1. The highest BCUT2D eigenvalue weighted by molar-refractivity contribution is 5.93. The highest BCUT2D eigenvalue weighted by atomic mass is 35.5. The number of halogens is 1. The van der Waals surface area contributed by atoms with E-state index in [0.29, 0.717) is 6.61 Å². The first-order valence-corrected chi connectivity index (χ1v) is 8.33. The second kappa shape index (κ2) is 8.32. The molecule has 0 fully saturated rings. The standard InChI is InChI=1S/C20H23NO2.ClH/c1-3-21(4-2)13-14-23-20(22)19-17-11-7-5-9-15(17)16-10-6-8-12-18(16)19;/h5-12,19H,3-4,13-14H2,1-2H3;1H/p-1. The molecule has 0 saturated heterocycles. The van der Waals surface area contributed by atoms with Gasteiger partial charge in [0, 0.05) is 6.54 Å². The lowest BCUT2D eigenvalue weighted by Crippen LogP contribution is -3.00. The molecule has 0 spiro atoms. The number of carbonyl (C=O) groups excluding carboxylic acids is 1. The zero-order valence-electron chi connectivity index (χ0n) is 14.2. The molecule has 3 rings (SSSR count). The Morgan fingerprint density at radius 2 is 1.46 bits per heavy atom. The predicted molar refractivity (Wildman–Crippen MR) is 92.5 cm³/mol. The number of carbonyl (C=O) groups is 1. The van der Waals surface area contributed by atoms with E-state index in [0.717, 1.165) is 41.9 Å². The van der Waals surface area contributed by atoms with Crippen LogP contribution in [0.15, 0.2) is 48.5 Å². The minimum Gasteiger partial charge on any atom is -1.00 e. The second-order valence-electron chi connectivity index (χ2n) is 5.80. The average Bonchev–Trinajstić information content (AvgIpc) is 2.93. The summed E-state index contributed by atoms with van der Waals surface area (Å²) in [6.07, 6.45) is 0. The van der Waals surface area contributed by atoms with Gasteiger partial charge in [0.15, 0.2) is 0 Å². The number of likely N-dealkylation sites (N-methyl/N-ethyl adjacent to an activating group) is 1. The van der Waals surface area contributed by atoms with E-state index < -0.39 is 0 Å². The Morgan fingerprint density at radius 1 is 0.958 bits per heavy atom. The number of hydrogen-bond donors (Lipinski definition) is 0. The van der Waals surface area contributed by atoms with Crippen LogP contribution in [0.5, 0.6) is 0 Å². The molecule has 0 radical (unpaired) electrons. The van der Waals surface area contributed by atoms with E-state index in [-0.39, 0.29) is 24.3 Å². The van der Waals surface area contributed by atoms with Crippen LogP contribution in [0.2, 0.25) is 0 Å². The van der Waals surface area contributed by atoms with Crippen LogP contribution in [-0.4, -0.2) is 37.1 Å². The Kier molecular flexibility index (Phi) is 6.41. The summed E-state index contributed by atoms with van der Waals surface area (Å²) in [6.45, 7) is 7.42. The molecule has 1 aliphatic carbocycles. The molecule has 0 atom stereocenters. The van der Waals surface area contributed by atoms with Gasteiger partial charge in [-0.05, 0) is 35.3 Å². The summed E-state index contributed by atoms with van der Waals surface area (Å²) in [5, 5.41) is 0. The third-order valence-electron chi connectivity index (χ3n) is 4.62. The maximum atomic E-state index is 12.7. The molecule has 0 aliphatic heterocycles. The first-order valence-electron chi connectivity index (χ1n) is 8.33. The third-order valence-corrected chi connectivity index (χ3v) is 4.62. The zero-order valence-corrected chi connectivity index (χ0v) is 14.9. The SMILES string of the molecule is CCN(CC)CCOC(=O)C1c2ccccc2-c2ccccc21.[Cl-]. The minimum atomic E-state index is -0.292. The lowest BCUT2D eigenvalue weighted by atomic mass is 9.97. The zero-order chi connectivity index (χ0) is 16.2. The topological polar surface area (TPSA) is 29.5 Å². The van der Waals surface area contributed by atoms with Gasteiger partial charge in [0.2, 0.25) is 0 Å². The molecule has 1 aliphatic rings. The highest BCUT2D eigenvalue weighted by Gasteiger charge is 2.34. The van der Waals surface area contributed by atoms with E-state index in [1.54, 1.807) is 0 Å². The number of rotatable bonds is 6. The van der Waals surface area contributed by atoms with Gasteiger partial charge < -0.3 is 22.0 Å². The Morgan fingerprint density at radius 3 is 1.96 bits per heavy atom. The molecule has 2 aromatic rings. The van der Waals surface area contributed by atoms with Crippen molar-refractivity contribution in [2.45, 2.75) is 19.8 Å².